The van der Waals surface area contributed by atoms with Crippen LogP contribution in [0.15, 0.2) is 58.5 Å². The summed E-state index contributed by atoms with van der Waals surface area (Å²) in [6.07, 6.45) is 8.82. The topological polar surface area (TPSA) is 24.7 Å². The molecule has 1 saturated carbocycles. The summed E-state index contributed by atoms with van der Waals surface area (Å²) < 4.78 is 0. The second kappa shape index (κ2) is 8.05. The van der Waals surface area contributed by atoms with Crippen LogP contribution < -0.4 is 0 Å². The van der Waals surface area contributed by atoms with Gasteiger partial charge in [0.1, 0.15) is 0 Å². The summed E-state index contributed by atoms with van der Waals surface area (Å²) in [6.45, 7) is 4.22. The highest BCUT2D eigenvalue weighted by Crippen LogP contribution is 2.24. The average molecular weight is 318 g/mol. The van der Waals surface area contributed by atoms with Crippen LogP contribution in [-0.2, 0) is 0 Å². The Bertz CT molecular complexity index is 632. The third-order valence-electron chi connectivity index (χ3n) is 4.68. The Balaban J connectivity index is 1.68. The van der Waals surface area contributed by atoms with Crippen molar-refractivity contribution in [3.8, 4) is 0 Å². The van der Waals surface area contributed by atoms with E-state index >= 15 is 0 Å². The zero-order valence-electron chi connectivity index (χ0n) is 14.7. The Kier molecular flexibility index (Phi) is 5.58. The lowest BCUT2D eigenvalue weighted by Gasteiger charge is -2.25. The number of rotatable bonds is 4. The van der Waals surface area contributed by atoms with Gasteiger partial charge in [-0.15, -0.1) is 0 Å². The summed E-state index contributed by atoms with van der Waals surface area (Å²) in [5.74, 6) is 0. The van der Waals surface area contributed by atoms with Gasteiger partial charge in [-0.25, -0.2) is 0 Å². The van der Waals surface area contributed by atoms with Crippen LogP contribution in [0, 0.1) is 13.8 Å². The fourth-order valence-corrected chi connectivity index (χ4v) is 3.11. The summed E-state index contributed by atoms with van der Waals surface area (Å²) in [5.41, 5.74) is 4.91. The molecule has 124 valence electrons. The molecule has 0 spiro atoms. The van der Waals surface area contributed by atoms with E-state index in [1.807, 2.05) is 12.4 Å². The summed E-state index contributed by atoms with van der Waals surface area (Å²) in [4.78, 5) is 9.70. The van der Waals surface area contributed by atoms with E-state index in [1.165, 1.54) is 35.1 Å². The average Bonchev–Trinajstić information content (AvgIpc) is 2.61. The molecule has 0 amide bonds. The van der Waals surface area contributed by atoms with Crippen LogP contribution in [0.3, 0.4) is 0 Å². The number of aryl methyl sites for hydroxylation is 2. The molecule has 2 aromatic carbocycles. The molecule has 2 aromatic rings. The zero-order valence-corrected chi connectivity index (χ0v) is 14.7. The molecule has 1 aliphatic rings. The lowest BCUT2D eigenvalue weighted by atomic mass is 9.91. The molecular formula is C22H26N2. The number of hydrogen-bond acceptors (Lipinski definition) is 2. The van der Waals surface area contributed by atoms with Crippen molar-refractivity contribution in [2.45, 2.75) is 51.6 Å². The zero-order chi connectivity index (χ0) is 16.8. The number of aliphatic imine (C=N–C) groups is 2. The van der Waals surface area contributed by atoms with E-state index in [0.29, 0.717) is 12.1 Å². The Labute approximate surface area is 145 Å². The molecular weight excluding hydrogens is 292 g/mol. The minimum absolute atomic E-state index is 0.307. The van der Waals surface area contributed by atoms with Gasteiger partial charge in [0.25, 0.3) is 0 Å². The predicted molar refractivity (Wildman–Crippen MR) is 104 cm³/mol. The molecule has 1 fully saturated rings. The molecule has 2 atom stereocenters. The SMILES string of the molecule is Cc1ccc(C=NC2CCCCC2N=Cc2ccc(C)cc2)cc1. The lowest BCUT2D eigenvalue weighted by Crippen LogP contribution is -2.27. The fraction of sp³-hybridized carbons (Fsp3) is 0.364. The van der Waals surface area contributed by atoms with Crippen LogP contribution in [0.5, 0.6) is 0 Å². The Morgan fingerprint density at radius 1 is 0.667 bits per heavy atom. The van der Waals surface area contributed by atoms with Crippen LogP contribution in [-0.4, -0.2) is 24.5 Å². The normalized spacial score (nSPS) is 21.6. The van der Waals surface area contributed by atoms with E-state index < -0.39 is 0 Å². The maximum atomic E-state index is 4.85. The summed E-state index contributed by atoms with van der Waals surface area (Å²) in [5, 5.41) is 0. The smallest absolute Gasteiger partial charge is 0.0723 e. The van der Waals surface area contributed by atoms with Gasteiger partial charge < -0.3 is 0 Å². The number of nitrogens with zero attached hydrogens (tertiary/aromatic N) is 2. The number of hydrogen-bond donors (Lipinski definition) is 0. The van der Waals surface area contributed by atoms with Gasteiger partial charge in [0.2, 0.25) is 0 Å². The van der Waals surface area contributed by atoms with Crippen LogP contribution in [0.1, 0.15) is 47.9 Å². The predicted octanol–water partition coefficient (Wildman–Crippen LogP) is 5.15. The van der Waals surface area contributed by atoms with Crippen molar-refractivity contribution >= 4 is 12.4 Å². The van der Waals surface area contributed by atoms with E-state index in [2.05, 4.69) is 62.4 Å². The van der Waals surface area contributed by atoms with Crippen molar-refractivity contribution in [2.24, 2.45) is 9.98 Å². The van der Waals surface area contributed by atoms with Crippen molar-refractivity contribution in [3.05, 3.63) is 70.8 Å². The molecule has 2 heteroatoms. The molecule has 0 saturated heterocycles. The highest BCUT2D eigenvalue weighted by Gasteiger charge is 2.23. The van der Waals surface area contributed by atoms with Crippen molar-refractivity contribution in [1.82, 2.24) is 0 Å². The van der Waals surface area contributed by atoms with Gasteiger partial charge in [0.05, 0.1) is 12.1 Å². The fourth-order valence-electron chi connectivity index (χ4n) is 3.11. The molecule has 0 bridgehead atoms. The Hall–Kier alpha value is -2.22. The van der Waals surface area contributed by atoms with Crippen LogP contribution in [0.2, 0.25) is 0 Å². The third-order valence-corrected chi connectivity index (χ3v) is 4.68. The van der Waals surface area contributed by atoms with Crippen molar-refractivity contribution < 1.29 is 0 Å². The first-order valence-corrected chi connectivity index (χ1v) is 8.90. The molecule has 3 rings (SSSR count). The molecule has 2 unspecified atom stereocenters. The van der Waals surface area contributed by atoms with E-state index in [1.54, 1.807) is 0 Å². The first-order valence-electron chi connectivity index (χ1n) is 8.90. The van der Waals surface area contributed by atoms with E-state index in [-0.39, 0.29) is 0 Å². The van der Waals surface area contributed by atoms with Crippen molar-refractivity contribution in [2.75, 3.05) is 0 Å². The first kappa shape index (κ1) is 16.6. The first-order chi connectivity index (χ1) is 11.7. The minimum atomic E-state index is 0.307. The van der Waals surface area contributed by atoms with Crippen LogP contribution in [0.4, 0.5) is 0 Å². The van der Waals surface area contributed by atoms with Gasteiger partial charge in [-0.2, -0.15) is 0 Å². The molecule has 0 aliphatic heterocycles. The van der Waals surface area contributed by atoms with Crippen LogP contribution in [0.25, 0.3) is 0 Å². The van der Waals surface area contributed by atoms with Crippen LogP contribution >= 0.6 is 0 Å². The third kappa shape index (κ3) is 4.64. The molecule has 24 heavy (non-hydrogen) atoms. The Morgan fingerprint density at radius 2 is 1.04 bits per heavy atom. The maximum absolute atomic E-state index is 4.85. The highest BCUT2D eigenvalue weighted by molar-refractivity contribution is 5.80. The van der Waals surface area contributed by atoms with E-state index in [4.69, 9.17) is 9.98 Å². The quantitative estimate of drug-likeness (QED) is 0.696. The molecule has 0 N–H and O–H groups in total. The second-order valence-corrected chi connectivity index (χ2v) is 6.80. The van der Waals surface area contributed by atoms with Crippen molar-refractivity contribution in [3.63, 3.8) is 0 Å². The minimum Gasteiger partial charge on any atom is -0.287 e. The standard InChI is InChI=1S/C22H26N2/c1-17-7-11-19(12-8-17)15-23-21-5-3-4-6-22(21)24-16-20-13-9-18(2)10-14-20/h7-16,21-22H,3-6H2,1-2H3. The van der Waals surface area contributed by atoms with Gasteiger partial charge in [-0.05, 0) is 37.8 Å². The van der Waals surface area contributed by atoms with Gasteiger partial charge in [0, 0.05) is 12.4 Å². The molecule has 1 aliphatic carbocycles. The summed E-state index contributed by atoms with van der Waals surface area (Å²) >= 11 is 0. The summed E-state index contributed by atoms with van der Waals surface area (Å²) in [7, 11) is 0. The van der Waals surface area contributed by atoms with E-state index in [9.17, 15) is 0 Å². The molecule has 0 radical (unpaired) electrons. The number of benzene rings is 2. The molecule has 2 nitrogen and oxygen atoms in total. The second-order valence-electron chi connectivity index (χ2n) is 6.80. The highest BCUT2D eigenvalue weighted by atomic mass is 14.9. The lowest BCUT2D eigenvalue weighted by molar-refractivity contribution is 0.390. The monoisotopic (exact) mass is 318 g/mol. The Morgan fingerprint density at radius 3 is 1.42 bits per heavy atom. The molecule has 0 aromatic heterocycles. The maximum Gasteiger partial charge on any atom is 0.0723 e. The van der Waals surface area contributed by atoms with Crippen molar-refractivity contribution in [1.29, 1.82) is 0 Å². The van der Waals surface area contributed by atoms with Gasteiger partial charge in [0.15, 0.2) is 0 Å². The molecule has 0 heterocycles. The van der Waals surface area contributed by atoms with Gasteiger partial charge >= 0.3 is 0 Å². The largest absolute Gasteiger partial charge is 0.287 e. The summed E-state index contributed by atoms with van der Waals surface area (Å²) in [6, 6.07) is 17.7. The van der Waals surface area contributed by atoms with Gasteiger partial charge in [-0.3, -0.25) is 9.98 Å². The van der Waals surface area contributed by atoms with Gasteiger partial charge in [-0.1, -0.05) is 72.5 Å². The van der Waals surface area contributed by atoms with E-state index in [0.717, 1.165) is 12.8 Å².